The molecule has 2 rings (SSSR count). The SMILES string of the molecule is O=C(O)C1CN(C(=O)NCCc2cccc(F)c2)C1. The summed E-state index contributed by atoms with van der Waals surface area (Å²) >= 11 is 0. The Morgan fingerprint density at radius 1 is 1.42 bits per heavy atom. The Morgan fingerprint density at radius 3 is 2.79 bits per heavy atom. The first-order valence-electron chi connectivity index (χ1n) is 6.06. The van der Waals surface area contributed by atoms with Crippen LogP contribution >= 0.6 is 0 Å². The van der Waals surface area contributed by atoms with E-state index < -0.39 is 11.9 Å². The number of urea groups is 1. The highest BCUT2D eigenvalue weighted by atomic mass is 19.1. The zero-order chi connectivity index (χ0) is 13.8. The fourth-order valence-electron chi connectivity index (χ4n) is 1.92. The monoisotopic (exact) mass is 266 g/mol. The lowest BCUT2D eigenvalue weighted by molar-refractivity contribution is -0.146. The second-order valence-electron chi connectivity index (χ2n) is 4.55. The largest absolute Gasteiger partial charge is 0.481 e. The third kappa shape index (κ3) is 3.43. The predicted octanol–water partition coefficient (Wildman–Crippen LogP) is 1.09. The van der Waals surface area contributed by atoms with Gasteiger partial charge in [0.25, 0.3) is 0 Å². The standard InChI is InChI=1S/C13H15FN2O3/c14-11-3-1-2-9(6-11)4-5-15-13(19)16-7-10(8-16)12(17)18/h1-3,6,10H,4-5,7-8H2,(H,15,19)(H,17,18). The first kappa shape index (κ1) is 13.3. The molecule has 1 aromatic rings. The maximum absolute atomic E-state index is 12.9. The van der Waals surface area contributed by atoms with Gasteiger partial charge >= 0.3 is 12.0 Å². The molecule has 6 heteroatoms. The quantitative estimate of drug-likeness (QED) is 0.857. The molecule has 5 nitrogen and oxygen atoms in total. The maximum Gasteiger partial charge on any atom is 0.317 e. The summed E-state index contributed by atoms with van der Waals surface area (Å²) in [5.74, 6) is -1.62. The van der Waals surface area contributed by atoms with E-state index in [1.54, 1.807) is 12.1 Å². The molecule has 0 atom stereocenters. The van der Waals surface area contributed by atoms with Crippen LogP contribution in [0.2, 0.25) is 0 Å². The lowest BCUT2D eigenvalue weighted by atomic mass is 10.0. The maximum atomic E-state index is 12.9. The van der Waals surface area contributed by atoms with Gasteiger partial charge in [-0.1, -0.05) is 12.1 Å². The van der Waals surface area contributed by atoms with Gasteiger partial charge in [0, 0.05) is 19.6 Å². The Kier molecular flexibility index (Phi) is 3.99. The van der Waals surface area contributed by atoms with Crippen molar-refractivity contribution in [1.82, 2.24) is 10.2 Å². The second-order valence-corrected chi connectivity index (χ2v) is 4.55. The Bertz CT molecular complexity index is 487. The normalized spacial score (nSPS) is 14.9. The van der Waals surface area contributed by atoms with Gasteiger partial charge in [-0.15, -0.1) is 0 Å². The van der Waals surface area contributed by atoms with Crippen molar-refractivity contribution in [1.29, 1.82) is 0 Å². The third-order valence-corrected chi connectivity index (χ3v) is 3.10. The van der Waals surface area contributed by atoms with Crippen molar-refractivity contribution in [3.8, 4) is 0 Å². The van der Waals surface area contributed by atoms with Crippen LogP contribution in [0.25, 0.3) is 0 Å². The van der Waals surface area contributed by atoms with Crippen LogP contribution in [-0.4, -0.2) is 41.6 Å². The molecule has 0 aromatic heterocycles. The number of halogens is 1. The molecule has 19 heavy (non-hydrogen) atoms. The van der Waals surface area contributed by atoms with E-state index in [4.69, 9.17) is 5.11 Å². The summed E-state index contributed by atoms with van der Waals surface area (Å²) in [5.41, 5.74) is 0.812. The van der Waals surface area contributed by atoms with Gasteiger partial charge in [0.15, 0.2) is 0 Å². The van der Waals surface area contributed by atoms with Gasteiger partial charge in [0.1, 0.15) is 5.82 Å². The zero-order valence-corrected chi connectivity index (χ0v) is 10.3. The highest BCUT2D eigenvalue weighted by molar-refractivity contribution is 5.79. The van der Waals surface area contributed by atoms with Crippen LogP contribution < -0.4 is 5.32 Å². The highest BCUT2D eigenvalue weighted by Crippen LogP contribution is 2.15. The molecule has 0 unspecified atom stereocenters. The van der Waals surface area contributed by atoms with E-state index in [1.165, 1.54) is 17.0 Å². The van der Waals surface area contributed by atoms with E-state index in [9.17, 15) is 14.0 Å². The van der Waals surface area contributed by atoms with E-state index in [2.05, 4.69) is 5.32 Å². The van der Waals surface area contributed by atoms with Crippen molar-refractivity contribution in [2.45, 2.75) is 6.42 Å². The number of benzene rings is 1. The summed E-state index contributed by atoms with van der Waals surface area (Å²) in [6.45, 7) is 0.902. The van der Waals surface area contributed by atoms with Crippen LogP contribution in [0.4, 0.5) is 9.18 Å². The fraction of sp³-hybridized carbons (Fsp3) is 0.385. The van der Waals surface area contributed by atoms with Crippen molar-refractivity contribution < 1.29 is 19.1 Å². The van der Waals surface area contributed by atoms with Gasteiger partial charge < -0.3 is 15.3 Å². The summed E-state index contributed by atoms with van der Waals surface area (Å²) in [6.07, 6.45) is 0.541. The summed E-state index contributed by atoms with van der Waals surface area (Å²) in [7, 11) is 0. The average molecular weight is 266 g/mol. The molecule has 1 aromatic carbocycles. The van der Waals surface area contributed by atoms with E-state index >= 15 is 0 Å². The molecule has 1 heterocycles. The van der Waals surface area contributed by atoms with Gasteiger partial charge in [-0.05, 0) is 24.1 Å². The molecule has 2 amide bonds. The van der Waals surface area contributed by atoms with E-state index in [0.717, 1.165) is 5.56 Å². The molecule has 0 saturated carbocycles. The molecular formula is C13H15FN2O3. The number of carboxylic acid groups (broad SMARTS) is 1. The van der Waals surface area contributed by atoms with Crippen LogP contribution in [0.15, 0.2) is 24.3 Å². The molecule has 102 valence electrons. The first-order chi connectivity index (χ1) is 9.06. The van der Waals surface area contributed by atoms with Crippen molar-refractivity contribution in [3.05, 3.63) is 35.6 Å². The van der Waals surface area contributed by atoms with Crippen LogP contribution in [0, 0.1) is 11.7 Å². The molecule has 0 bridgehead atoms. The van der Waals surface area contributed by atoms with Crippen molar-refractivity contribution in [2.75, 3.05) is 19.6 Å². The first-order valence-corrected chi connectivity index (χ1v) is 6.06. The molecule has 1 aliphatic heterocycles. The van der Waals surface area contributed by atoms with E-state index in [-0.39, 0.29) is 24.9 Å². The Hall–Kier alpha value is -2.11. The fourth-order valence-corrected chi connectivity index (χ4v) is 1.92. The molecular weight excluding hydrogens is 251 g/mol. The number of amides is 2. The summed E-state index contributed by atoms with van der Waals surface area (Å²) < 4.78 is 12.9. The number of carboxylic acids is 1. The minimum Gasteiger partial charge on any atom is -0.481 e. The van der Waals surface area contributed by atoms with E-state index in [0.29, 0.717) is 13.0 Å². The third-order valence-electron chi connectivity index (χ3n) is 3.10. The number of hydrogen-bond acceptors (Lipinski definition) is 2. The van der Waals surface area contributed by atoms with Crippen LogP contribution in [-0.2, 0) is 11.2 Å². The number of nitrogens with one attached hydrogen (secondary N) is 1. The van der Waals surface area contributed by atoms with Gasteiger partial charge in [-0.25, -0.2) is 9.18 Å². The summed E-state index contributed by atoms with van der Waals surface area (Å²) in [5, 5.41) is 11.4. The highest BCUT2D eigenvalue weighted by Gasteiger charge is 2.35. The number of hydrogen-bond donors (Lipinski definition) is 2. The van der Waals surface area contributed by atoms with E-state index in [1.807, 2.05) is 0 Å². The topological polar surface area (TPSA) is 69.6 Å². The van der Waals surface area contributed by atoms with Crippen LogP contribution in [0.5, 0.6) is 0 Å². The van der Waals surface area contributed by atoms with Crippen molar-refractivity contribution >= 4 is 12.0 Å². The Morgan fingerprint density at radius 2 is 2.16 bits per heavy atom. The van der Waals surface area contributed by atoms with Gasteiger partial charge in [0.05, 0.1) is 5.92 Å². The summed E-state index contributed by atoms with van der Waals surface area (Å²) in [4.78, 5) is 23.6. The zero-order valence-electron chi connectivity index (χ0n) is 10.3. The van der Waals surface area contributed by atoms with Gasteiger partial charge in [0.2, 0.25) is 0 Å². The molecule has 0 spiro atoms. The molecule has 1 aliphatic rings. The van der Waals surface area contributed by atoms with Crippen molar-refractivity contribution in [2.24, 2.45) is 5.92 Å². The Labute approximate surface area is 110 Å². The van der Waals surface area contributed by atoms with Crippen LogP contribution in [0.1, 0.15) is 5.56 Å². The second kappa shape index (κ2) is 5.69. The molecule has 2 N–H and O–H groups in total. The predicted molar refractivity (Wildman–Crippen MR) is 66.2 cm³/mol. The average Bonchev–Trinajstić information content (AvgIpc) is 2.26. The number of rotatable bonds is 4. The number of nitrogens with zero attached hydrogens (tertiary/aromatic N) is 1. The lowest BCUT2D eigenvalue weighted by Crippen LogP contribution is -2.56. The molecule has 1 fully saturated rings. The lowest BCUT2D eigenvalue weighted by Gasteiger charge is -2.36. The molecule has 1 saturated heterocycles. The van der Waals surface area contributed by atoms with Crippen LogP contribution in [0.3, 0.4) is 0 Å². The molecule has 0 aliphatic carbocycles. The van der Waals surface area contributed by atoms with Gasteiger partial charge in [-0.2, -0.15) is 0 Å². The smallest absolute Gasteiger partial charge is 0.317 e. The minimum absolute atomic E-state index is 0.251. The van der Waals surface area contributed by atoms with Gasteiger partial charge in [-0.3, -0.25) is 4.79 Å². The number of carbonyl (C=O) groups excluding carboxylic acids is 1. The number of likely N-dealkylation sites (tertiary alicyclic amines) is 1. The molecule has 0 radical (unpaired) electrons. The minimum atomic E-state index is -0.871. The van der Waals surface area contributed by atoms with Crippen molar-refractivity contribution in [3.63, 3.8) is 0 Å². The number of aliphatic carboxylic acids is 1. The number of carbonyl (C=O) groups is 2. The Balaban J connectivity index is 1.69. The summed E-state index contributed by atoms with van der Waals surface area (Å²) in [6, 6.07) is 5.94.